The molecular weight excluding hydrogens is 381 g/mol. The van der Waals surface area contributed by atoms with E-state index in [1.807, 2.05) is 30.3 Å². The number of amides is 1. The van der Waals surface area contributed by atoms with Gasteiger partial charge in [0, 0.05) is 14.6 Å². The third kappa shape index (κ3) is 3.02. The summed E-state index contributed by atoms with van der Waals surface area (Å²) in [7, 11) is 1.60. The van der Waals surface area contributed by atoms with E-state index in [0.29, 0.717) is 5.58 Å². The van der Waals surface area contributed by atoms with Crippen molar-refractivity contribution in [1.29, 1.82) is 0 Å². The second-order valence-electron chi connectivity index (χ2n) is 4.48. The van der Waals surface area contributed by atoms with Gasteiger partial charge in [0.05, 0.1) is 7.11 Å². The molecule has 4 nitrogen and oxygen atoms in total. The van der Waals surface area contributed by atoms with E-state index < -0.39 is 0 Å². The molecule has 1 N–H and O–H groups in total. The van der Waals surface area contributed by atoms with Crippen LogP contribution in [0.1, 0.15) is 10.6 Å². The van der Waals surface area contributed by atoms with Crippen LogP contribution in [0.4, 0.5) is 5.69 Å². The molecule has 0 bridgehead atoms. The van der Waals surface area contributed by atoms with E-state index in [2.05, 4.69) is 27.9 Å². The Labute approximate surface area is 135 Å². The van der Waals surface area contributed by atoms with Crippen LogP contribution in [-0.4, -0.2) is 13.0 Å². The highest BCUT2D eigenvalue weighted by Gasteiger charge is 2.13. The van der Waals surface area contributed by atoms with Gasteiger partial charge in [-0.15, -0.1) is 0 Å². The fourth-order valence-electron chi connectivity index (χ4n) is 2.02. The van der Waals surface area contributed by atoms with Gasteiger partial charge in [0.2, 0.25) is 0 Å². The Hall–Kier alpha value is -2.02. The van der Waals surface area contributed by atoms with Crippen LogP contribution in [0, 0.1) is 3.57 Å². The number of hydrogen-bond acceptors (Lipinski definition) is 3. The van der Waals surface area contributed by atoms with Crippen molar-refractivity contribution in [3.05, 3.63) is 57.9 Å². The number of rotatable bonds is 3. The third-order valence-corrected chi connectivity index (χ3v) is 3.70. The lowest BCUT2D eigenvalue weighted by molar-refractivity contribution is 0.0998. The summed E-state index contributed by atoms with van der Waals surface area (Å²) in [4.78, 5) is 12.2. The molecule has 0 radical (unpaired) electrons. The molecule has 0 saturated heterocycles. The first kappa shape index (κ1) is 13.9. The summed E-state index contributed by atoms with van der Waals surface area (Å²) in [5.41, 5.74) is 1.40. The summed E-state index contributed by atoms with van der Waals surface area (Å²) < 4.78 is 11.8. The Balaban J connectivity index is 1.87. The molecular formula is C16H12INO3. The van der Waals surface area contributed by atoms with Crippen LogP contribution in [0.5, 0.6) is 5.75 Å². The number of hydrogen-bond donors (Lipinski definition) is 1. The summed E-state index contributed by atoms with van der Waals surface area (Å²) in [6.07, 6.45) is 0. The summed E-state index contributed by atoms with van der Waals surface area (Å²) in [5.74, 6) is 0.733. The largest absolute Gasteiger partial charge is 0.497 e. The smallest absolute Gasteiger partial charge is 0.291 e. The lowest BCUT2D eigenvalue weighted by Crippen LogP contribution is -2.10. The number of halogens is 1. The molecule has 0 saturated carbocycles. The van der Waals surface area contributed by atoms with Crippen molar-refractivity contribution in [2.24, 2.45) is 0 Å². The fraction of sp³-hybridized carbons (Fsp3) is 0.0625. The van der Waals surface area contributed by atoms with Crippen LogP contribution in [0.25, 0.3) is 11.0 Å². The van der Waals surface area contributed by atoms with Crippen molar-refractivity contribution in [3.63, 3.8) is 0 Å². The number of fused-ring (bicyclic) bond motifs is 1. The minimum Gasteiger partial charge on any atom is -0.497 e. The van der Waals surface area contributed by atoms with E-state index in [-0.39, 0.29) is 11.7 Å². The van der Waals surface area contributed by atoms with E-state index >= 15 is 0 Å². The molecule has 1 amide bonds. The molecule has 0 aliphatic carbocycles. The monoisotopic (exact) mass is 393 g/mol. The number of nitrogens with one attached hydrogen (secondary N) is 1. The average molecular weight is 393 g/mol. The summed E-state index contributed by atoms with van der Waals surface area (Å²) in [6, 6.07) is 14.7. The Morgan fingerprint density at radius 1 is 1.19 bits per heavy atom. The van der Waals surface area contributed by atoms with Gasteiger partial charge >= 0.3 is 0 Å². The van der Waals surface area contributed by atoms with E-state index in [1.165, 1.54) is 0 Å². The quantitative estimate of drug-likeness (QED) is 0.676. The number of carbonyl (C=O) groups is 1. The number of carbonyl (C=O) groups excluding carboxylic acids is 1. The first-order chi connectivity index (χ1) is 10.2. The van der Waals surface area contributed by atoms with Crippen molar-refractivity contribution in [1.82, 2.24) is 0 Å². The van der Waals surface area contributed by atoms with E-state index in [1.54, 1.807) is 25.3 Å². The van der Waals surface area contributed by atoms with Crippen LogP contribution >= 0.6 is 22.6 Å². The predicted molar refractivity (Wildman–Crippen MR) is 89.9 cm³/mol. The average Bonchev–Trinajstić information content (AvgIpc) is 2.90. The maximum absolute atomic E-state index is 12.2. The van der Waals surface area contributed by atoms with Gasteiger partial charge in [0.25, 0.3) is 5.91 Å². The molecule has 106 valence electrons. The molecule has 0 aliphatic heterocycles. The highest BCUT2D eigenvalue weighted by atomic mass is 127. The molecule has 3 aromatic rings. The molecule has 1 aromatic heterocycles. The van der Waals surface area contributed by atoms with Gasteiger partial charge in [-0.05, 0) is 65.1 Å². The zero-order valence-corrected chi connectivity index (χ0v) is 13.4. The SMILES string of the molecule is COc1ccc2oc(C(=O)Nc3cccc(I)c3)cc2c1. The maximum atomic E-state index is 12.2. The zero-order valence-electron chi connectivity index (χ0n) is 11.2. The molecule has 0 unspecified atom stereocenters. The van der Waals surface area contributed by atoms with Gasteiger partial charge in [0.1, 0.15) is 11.3 Å². The molecule has 5 heteroatoms. The van der Waals surface area contributed by atoms with E-state index in [9.17, 15) is 4.79 Å². The molecule has 0 fully saturated rings. The fourth-order valence-corrected chi connectivity index (χ4v) is 2.56. The topological polar surface area (TPSA) is 51.5 Å². The Bertz CT molecular complexity index is 810. The molecule has 0 spiro atoms. The van der Waals surface area contributed by atoms with Crippen molar-refractivity contribution >= 4 is 45.2 Å². The number of methoxy groups -OCH3 is 1. The number of benzene rings is 2. The highest BCUT2D eigenvalue weighted by molar-refractivity contribution is 14.1. The van der Waals surface area contributed by atoms with Gasteiger partial charge in [0.15, 0.2) is 5.76 Å². The second kappa shape index (κ2) is 5.77. The van der Waals surface area contributed by atoms with Gasteiger partial charge in [-0.1, -0.05) is 6.07 Å². The highest BCUT2D eigenvalue weighted by Crippen LogP contribution is 2.24. The Kier molecular flexibility index (Phi) is 3.83. The molecule has 2 aromatic carbocycles. The first-order valence-corrected chi connectivity index (χ1v) is 7.38. The maximum Gasteiger partial charge on any atom is 0.291 e. The van der Waals surface area contributed by atoms with Gasteiger partial charge in [-0.2, -0.15) is 0 Å². The summed E-state index contributed by atoms with van der Waals surface area (Å²) in [6.45, 7) is 0. The normalized spacial score (nSPS) is 10.6. The Morgan fingerprint density at radius 2 is 2.05 bits per heavy atom. The molecule has 0 atom stereocenters. The van der Waals surface area contributed by atoms with Crippen molar-refractivity contribution in [3.8, 4) is 5.75 Å². The van der Waals surface area contributed by atoms with Crippen molar-refractivity contribution in [2.45, 2.75) is 0 Å². The standard InChI is InChI=1S/C16H12INO3/c1-20-13-5-6-14-10(7-13)8-15(21-14)16(19)18-12-4-2-3-11(17)9-12/h2-9H,1H3,(H,18,19). The number of ether oxygens (including phenoxy) is 1. The minimum atomic E-state index is -0.271. The lowest BCUT2D eigenvalue weighted by Gasteiger charge is -2.02. The van der Waals surface area contributed by atoms with Crippen LogP contribution in [0.3, 0.4) is 0 Å². The molecule has 3 rings (SSSR count). The van der Waals surface area contributed by atoms with Gasteiger partial charge in [-0.25, -0.2) is 0 Å². The zero-order chi connectivity index (χ0) is 14.8. The minimum absolute atomic E-state index is 0.271. The van der Waals surface area contributed by atoms with Crippen molar-refractivity contribution < 1.29 is 13.9 Å². The lowest BCUT2D eigenvalue weighted by atomic mass is 10.2. The van der Waals surface area contributed by atoms with Crippen molar-refractivity contribution in [2.75, 3.05) is 12.4 Å². The molecule has 1 heterocycles. The van der Waals surface area contributed by atoms with Crippen LogP contribution in [0.15, 0.2) is 52.9 Å². The second-order valence-corrected chi connectivity index (χ2v) is 5.72. The third-order valence-electron chi connectivity index (χ3n) is 3.03. The summed E-state index contributed by atoms with van der Waals surface area (Å²) in [5, 5.41) is 3.66. The first-order valence-electron chi connectivity index (χ1n) is 6.30. The number of furan rings is 1. The molecule has 0 aliphatic rings. The number of anilines is 1. The van der Waals surface area contributed by atoms with E-state index in [0.717, 1.165) is 20.4 Å². The molecule has 21 heavy (non-hydrogen) atoms. The Morgan fingerprint density at radius 3 is 2.81 bits per heavy atom. The summed E-state index contributed by atoms with van der Waals surface area (Å²) >= 11 is 2.20. The van der Waals surface area contributed by atoms with Gasteiger partial charge < -0.3 is 14.5 Å². The van der Waals surface area contributed by atoms with Gasteiger partial charge in [-0.3, -0.25) is 4.79 Å². The van der Waals surface area contributed by atoms with Crippen LogP contribution in [0.2, 0.25) is 0 Å². The predicted octanol–water partition coefficient (Wildman–Crippen LogP) is 4.30. The van der Waals surface area contributed by atoms with Crippen LogP contribution < -0.4 is 10.1 Å². The van der Waals surface area contributed by atoms with E-state index in [4.69, 9.17) is 9.15 Å². The van der Waals surface area contributed by atoms with Crippen LogP contribution in [-0.2, 0) is 0 Å².